The monoisotopic (exact) mass is 326 g/mol. The van der Waals surface area contributed by atoms with Gasteiger partial charge in [-0.15, -0.1) is 15.3 Å². The third kappa shape index (κ3) is 5.09. The molecule has 2 N–H and O–H groups in total. The second-order valence-electron chi connectivity index (χ2n) is 4.85. The molecule has 0 fully saturated rings. The number of anilines is 1. The lowest BCUT2D eigenvalue weighted by molar-refractivity contribution is -0.113. The van der Waals surface area contributed by atoms with E-state index in [0.29, 0.717) is 16.2 Å². The van der Waals surface area contributed by atoms with Gasteiger partial charge in [-0.3, -0.25) is 15.2 Å². The SMILES string of the molecule is CCc1nnc(NC(=O)CSc2n[nH]c(CC(C)C)n2)s1. The maximum absolute atomic E-state index is 11.8. The smallest absolute Gasteiger partial charge is 0.236 e. The number of H-pyrrole nitrogens is 1. The van der Waals surface area contributed by atoms with E-state index >= 15 is 0 Å². The van der Waals surface area contributed by atoms with Gasteiger partial charge in [0.1, 0.15) is 10.8 Å². The van der Waals surface area contributed by atoms with Gasteiger partial charge in [-0.25, -0.2) is 4.98 Å². The number of hydrogen-bond donors (Lipinski definition) is 2. The number of aromatic nitrogens is 5. The van der Waals surface area contributed by atoms with Gasteiger partial charge < -0.3 is 0 Å². The van der Waals surface area contributed by atoms with Crippen LogP contribution in [0.2, 0.25) is 0 Å². The van der Waals surface area contributed by atoms with Crippen LogP contribution in [-0.4, -0.2) is 37.0 Å². The van der Waals surface area contributed by atoms with Crippen LogP contribution in [0.3, 0.4) is 0 Å². The van der Waals surface area contributed by atoms with Crippen molar-refractivity contribution in [3.05, 3.63) is 10.8 Å². The summed E-state index contributed by atoms with van der Waals surface area (Å²) in [6.45, 7) is 6.24. The first-order chi connectivity index (χ1) is 10.1. The number of amides is 1. The number of aryl methyl sites for hydroxylation is 1. The van der Waals surface area contributed by atoms with Gasteiger partial charge in [-0.1, -0.05) is 43.9 Å². The summed E-state index contributed by atoms with van der Waals surface area (Å²) in [6, 6.07) is 0. The van der Waals surface area contributed by atoms with E-state index in [-0.39, 0.29) is 11.7 Å². The molecule has 0 atom stereocenters. The molecular formula is C12H18N6OS2. The van der Waals surface area contributed by atoms with Crippen molar-refractivity contribution in [1.82, 2.24) is 25.4 Å². The highest BCUT2D eigenvalue weighted by Crippen LogP contribution is 2.17. The van der Waals surface area contributed by atoms with Gasteiger partial charge >= 0.3 is 0 Å². The maximum atomic E-state index is 11.8. The highest BCUT2D eigenvalue weighted by Gasteiger charge is 2.11. The summed E-state index contributed by atoms with van der Waals surface area (Å²) in [4.78, 5) is 16.1. The molecule has 2 rings (SSSR count). The number of nitrogens with zero attached hydrogens (tertiary/aromatic N) is 4. The van der Waals surface area contributed by atoms with E-state index in [1.165, 1.54) is 23.1 Å². The number of thioether (sulfide) groups is 1. The lowest BCUT2D eigenvalue weighted by atomic mass is 10.1. The van der Waals surface area contributed by atoms with Crippen LogP contribution in [0.15, 0.2) is 5.16 Å². The zero-order valence-electron chi connectivity index (χ0n) is 12.2. The first-order valence-corrected chi connectivity index (χ1v) is 8.53. The number of aromatic amines is 1. The molecule has 2 aromatic rings. The predicted octanol–water partition coefficient (Wildman–Crippen LogP) is 2.15. The molecule has 0 radical (unpaired) electrons. The Kier molecular flexibility index (Phi) is 5.68. The Morgan fingerprint density at radius 3 is 2.90 bits per heavy atom. The standard InChI is InChI=1S/C12H18N6OS2/c1-4-10-16-18-12(21-10)14-9(19)6-20-11-13-8(15-17-11)5-7(2)3/h7H,4-6H2,1-3H3,(H,13,15,17)(H,14,18,19). The van der Waals surface area contributed by atoms with Crippen LogP contribution >= 0.6 is 23.1 Å². The van der Waals surface area contributed by atoms with E-state index in [2.05, 4.69) is 44.5 Å². The van der Waals surface area contributed by atoms with Gasteiger partial charge in [-0.2, -0.15) is 0 Å². The molecule has 0 aliphatic heterocycles. The average molecular weight is 326 g/mol. The highest BCUT2D eigenvalue weighted by atomic mass is 32.2. The summed E-state index contributed by atoms with van der Waals surface area (Å²) >= 11 is 2.69. The fourth-order valence-corrected chi connectivity index (χ4v) is 2.87. The van der Waals surface area contributed by atoms with E-state index in [4.69, 9.17) is 0 Å². The molecule has 1 amide bonds. The lowest BCUT2D eigenvalue weighted by Gasteiger charge is -1.99. The summed E-state index contributed by atoms with van der Waals surface area (Å²) < 4.78 is 0. The van der Waals surface area contributed by atoms with E-state index in [9.17, 15) is 4.79 Å². The first-order valence-electron chi connectivity index (χ1n) is 6.73. The van der Waals surface area contributed by atoms with Crippen molar-refractivity contribution in [3.63, 3.8) is 0 Å². The summed E-state index contributed by atoms with van der Waals surface area (Å²) in [5.74, 6) is 1.49. The van der Waals surface area contributed by atoms with Crippen molar-refractivity contribution in [2.24, 2.45) is 5.92 Å². The molecule has 7 nitrogen and oxygen atoms in total. The second-order valence-corrected chi connectivity index (χ2v) is 6.86. The fraction of sp³-hybridized carbons (Fsp3) is 0.583. The number of hydrogen-bond acceptors (Lipinski definition) is 7. The molecule has 2 aromatic heterocycles. The Hall–Kier alpha value is -1.48. The molecule has 0 spiro atoms. The van der Waals surface area contributed by atoms with Crippen molar-refractivity contribution in [3.8, 4) is 0 Å². The number of carbonyl (C=O) groups excluding carboxylic acids is 1. The summed E-state index contributed by atoms with van der Waals surface area (Å²) in [6.07, 6.45) is 1.67. The molecule has 0 saturated carbocycles. The Morgan fingerprint density at radius 1 is 1.43 bits per heavy atom. The third-order valence-electron chi connectivity index (χ3n) is 2.46. The van der Waals surface area contributed by atoms with Crippen LogP contribution in [0, 0.1) is 5.92 Å². The molecule has 0 unspecified atom stereocenters. The minimum Gasteiger partial charge on any atom is -0.300 e. The predicted molar refractivity (Wildman–Crippen MR) is 83.6 cm³/mol. The zero-order chi connectivity index (χ0) is 15.2. The zero-order valence-corrected chi connectivity index (χ0v) is 13.8. The molecule has 0 saturated heterocycles. The molecule has 0 aliphatic rings. The molecule has 0 aliphatic carbocycles. The molecule has 0 aromatic carbocycles. The number of carbonyl (C=O) groups is 1. The maximum Gasteiger partial charge on any atom is 0.236 e. The molecule has 0 bridgehead atoms. The summed E-state index contributed by atoms with van der Waals surface area (Å²) in [7, 11) is 0. The third-order valence-corrected chi connectivity index (χ3v) is 4.29. The molecule has 2 heterocycles. The fourth-order valence-electron chi connectivity index (χ4n) is 1.55. The van der Waals surface area contributed by atoms with Crippen molar-refractivity contribution in [1.29, 1.82) is 0 Å². The van der Waals surface area contributed by atoms with E-state index in [1.54, 1.807) is 0 Å². The minimum absolute atomic E-state index is 0.131. The molecular weight excluding hydrogens is 308 g/mol. The van der Waals surface area contributed by atoms with Gasteiger partial charge in [0, 0.05) is 6.42 Å². The Balaban J connectivity index is 1.79. The minimum atomic E-state index is -0.131. The quantitative estimate of drug-likeness (QED) is 0.757. The van der Waals surface area contributed by atoms with Crippen LogP contribution in [0.25, 0.3) is 0 Å². The van der Waals surface area contributed by atoms with Crippen LogP contribution in [0.4, 0.5) is 5.13 Å². The van der Waals surface area contributed by atoms with Crippen molar-refractivity contribution >= 4 is 34.1 Å². The largest absolute Gasteiger partial charge is 0.300 e. The van der Waals surface area contributed by atoms with Gasteiger partial charge in [0.2, 0.25) is 16.2 Å². The van der Waals surface area contributed by atoms with Crippen LogP contribution in [-0.2, 0) is 17.6 Å². The topological polar surface area (TPSA) is 96.5 Å². The second kappa shape index (κ2) is 7.51. The van der Waals surface area contributed by atoms with Crippen molar-refractivity contribution < 1.29 is 4.79 Å². The van der Waals surface area contributed by atoms with Crippen molar-refractivity contribution in [2.75, 3.05) is 11.1 Å². The normalized spacial score (nSPS) is 11.0. The van der Waals surface area contributed by atoms with Crippen LogP contribution in [0.1, 0.15) is 31.6 Å². The number of nitrogens with one attached hydrogen (secondary N) is 2. The molecule has 9 heteroatoms. The van der Waals surface area contributed by atoms with E-state index < -0.39 is 0 Å². The Labute approximate surface area is 131 Å². The first kappa shape index (κ1) is 15.9. The molecule has 114 valence electrons. The molecule has 21 heavy (non-hydrogen) atoms. The van der Waals surface area contributed by atoms with Crippen LogP contribution < -0.4 is 5.32 Å². The van der Waals surface area contributed by atoms with Gasteiger partial charge in [0.25, 0.3) is 0 Å². The van der Waals surface area contributed by atoms with E-state index in [1.807, 2.05) is 6.92 Å². The van der Waals surface area contributed by atoms with E-state index in [0.717, 1.165) is 23.7 Å². The van der Waals surface area contributed by atoms with Crippen LogP contribution in [0.5, 0.6) is 0 Å². The van der Waals surface area contributed by atoms with Gasteiger partial charge in [0.15, 0.2) is 0 Å². The Morgan fingerprint density at radius 2 is 2.24 bits per heavy atom. The van der Waals surface area contributed by atoms with Gasteiger partial charge in [0.05, 0.1) is 5.75 Å². The lowest BCUT2D eigenvalue weighted by Crippen LogP contribution is -2.13. The average Bonchev–Trinajstić information content (AvgIpc) is 3.05. The summed E-state index contributed by atoms with van der Waals surface area (Å²) in [5, 5.41) is 19.6. The van der Waals surface area contributed by atoms with Gasteiger partial charge in [-0.05, 0) is 12.3 Å². The Bertz CT molecular complexity index is 594. The summed E-state index contributed by atoms with van der Waals surface area (Å²) in [5.41, 5.74) is 0. The number of rotatable bonds is 7. The van der Waals surface area contributed by atoms with Crippen molar-refractivity contribution in [2.45, 2.75) is 38.8 Å². The highest BCUT2D eigenvalue weighted by molar-refractivity contribution is 7.99.